The van der Waals surface area contributed by atoms with Crippen LogP contribution in [0.5, 0.6) is 5.75 Å². The lowest BCUT2D eigenvalue weighted by Crippen LogP contribution is -2.42. The zero-order valence-corrected chi connectivity index (χ0v) is 14.0. The summed E-state index contributed by atoms with van der Waals surface area (Å²) in [5.41, 5.74) is 0.752. The largest absolute Gasteiger partial charge is 0.486 e. The number of nitrogens with one attached hydrogen (secondary N) is 2. The van der Waals surface area contributed by atoms with Crippen LogP contribution in [0.3, 0.4) is 0 Å². The van der Waals surface area contributed by atoms with Gasteiger partial charge in [-0.3, -0.25) is 0 Å². The number of nitrogens with zero attached hydrogens (tertiary/aromatic N) is 2. The molecule has 0 aliphatic rings. The minimum Gasteiger partial charge on any atom is -0.486 e. The quantitative estimate of drug-likeness (QED) is 0.574. The van der Waals surface area contributed by atoms with Crippen molar-refractivity contribution < 1.29 is 13.7 Å². The van der Waals surface area contributed by atoms with Crippen LogP contribution < -0.4 is 15.4 Å². The van der Waals surface area contributed by atoms with Gasteiger partial charge in [-0.25, -0.2) is 9.38 Å². The number of ether oxygens (including phenoxy) is 1. The molecule has 2 rings (SSSR count). The number of guanidine groups is 1. The molecule has 0 aliphatic carbocycles. The van der Waals surface area contributed by atoms with Gasteiger partial charge in [0.15, 0.2) is 17.5 Å². The first-order valence-corrected chi connectivity index (χ1v) is 8.05. The van der Waals surface area contributed by atoms with E-state index in [4.69, 9.17) is 9.26 Å². The highest BCUT2D eigenvalue weighted by Gasteiger charge is 2.12. The average molecular weight is 334 g/mol. The van der Waals surface area contributed by atoms with Gasteiger partial charge in [0.2, 0.25) is 0 Å². The molecule has 7 heteroatoms. The predicted molar refractivity (Wildman–Crippen MR) is 90.4 cm³/mol. The number of benzene rings is 1. The number of aromatic nitrogens is 1. The maximum Gasteiger partial charge on any atom is 0.191 e. The average Bonchev–Trinajstić information content (AvgIpc) is 3.11. The van der Waals surface area contributed by atoms with Crippen LogP contribution in [-0.4, -0.2) is 30.3 Å². The van der Waals surface area contributed by atoms with E-state index in [-0.39, 0.29) is 17.7 Å². The number of halogens is 1. The second kappa shape index (κ2) is 9.54. The fourth-order valence-electron chi connectivity index (χ4n) is 2.02. The number of hydrogen-bond acceptors (Lipinski definition) is 4. The molecule has 1 aromatic carbocycles. The van der Waals surface area contributed by atoms with Crippen LogP contribution in [0.2, 0.25) is 0 Å². The molecule has 24 heavy (non-hydrogen) atoms. The molecule has 0 spiro atoms. The Morgan fingerprint density at radius 3 is 2.79 bits per heavy atom. The van der Waals surface area contributed by atoms with Gasteiger partial charge in [-0.15, -0.1) is 0 Å². The Balaban J connectivity index is 1.91. The normalized spacial score (nSPS) is 12.7. The molecule has 0 saturated heterocycles. The van der Waals surface area contributed by atoms with Crippen LogP contribution in [0, 0.1) is 5.82 Å². The van der Waals surface area contributed by atoms with E-state index in [1.807, 2.05) is 13.8 Å². The van der Waals surface area contributed by atoms with Crippen molar-refractivity contribution in [3.63, 3.8) is 0 Å². The standard InChI is InChI=1S/C17H23FN4O2/c1-3-14(24-16-8-6-5-7-15(16)18)12-21-17(19-4-2)20-11-13-9-10-23-22-13/h5-10,14H,3-4,11-12H2,1-2H3,(H2,19,20,21). The SMILES string of the molecule is CCNC(=NCc1ccon1)NCC(CC)Oc1ccccc1F. The van der Waals surface area contributed by atoms with E-state index in [2.05, 4.69) is 20.8 Å². The molecular formula is C17H23FN4O2. The summed E-state index contributed by atoms with van der Waals surface area (Å²) in [6.45, 7) is 5.63. The summed E-state index contributed by atoms with van der Waals surface area (Å²) < 4.78 is 24.2. The van der Waals surface area contributed by atoms with Crippen LogP contribution >= 0.6 is 0 Å². The molecule has 1 unspecified atom stereocenters. The highest BCUT2D eigenvalue weighted by Crippen LogP contribution is 2.17. The van der Waals surface area contributed by atoms with Gasteiger partial charge in [0.25, 0.3) is 0 Å². The molecule has 0 amide bonds. The van der Waals surface area contributed by atoms with Gasteiger partial charge in [0, 0.05) is 12.6 Å². The van der Waals surface area contributed by atoms with Crippen molar-refractivity contribution in [1.82, 2.24) is 15.8 Å². The fourth-order valence-corrected chi connectivity index (χ4v) is 2.02. The van der Waals surface area contributed by atoms with Crippen molar-refractivity contribution in [3.8, 4) is 5.75 Å². The van der Waals surface area contributed by atoms with E-state index in [0.717, 1.165) is 18.7 Å². The van der Waals surface area contributed by atoms with Crippen molar-refractivity contribution in [2.45, 2.75) is 32.9 Å². The predicted octanol–water partition coefficient (Wildman–Crippen LogP) is 2.73. The van der Waals surface area contributed by atoms with Gasteiger partial charge >= 0.3 is 0 Å². The van der Waals surface area contributed by atoms with Gasteiger partial charge in [0.1, 0.15) is 18.1 Å². The number of para-hydroxylation sites is 1. The topological polar surface area (TPSA) is 71.7 Å². The Bertz CT molecular complexity index is 631. The molecule has 1 atom stereocenters. The first-order valence-electron chi connectivity index (χ1n) is 8.05. The number of aliphatic imine (C=N–C) groups is 1. The summed E-state index contributed by atoms with van der Waals surface area (Å²) in [6, 6.07) is 8.17. The Morgan fingerprint density at radius 2 is 2.12 bits per heavy atom. The molecule has 0 aliphatic heterocycles. The summed E-state index contributed by atoms with van der Waals surface area (Å²) in [4.78, 5) is 4.43. The van der Waals surface area contributed by atoms with Gasteiger partial charge in [-0.2, -0.15) is 0 Å². The van der Waals surface area contributed by atoms with Gasteiger partial charge in [-0.05, 0) is 25.5 Å². The van der Waals surface area contributed by atoms with Gasteiger partial charge < -0.3 is 19.9 Å². The Morgan fingerprint density at radius 1 is 1.29 bits per heavy atom. The lowest BCUT2D eigenvalue weighted by atomic mass is 10.2. The summed E-state index contributed by atoms with van der Waals surface area (Å²) in [7, 11) is 0. The molecular weight excluding hydrogens is 311 g/mol. The van der Waals surface area contributed by atoms with Crippen LogP contribution in [0.25, 0.3) is 0 Å². The Kier molecular flexibility index (Phi) is 7.07. The molecule has 0 fully saturated rings. The molecule has 130 valence electrons. The minimum absolute atomic E-state index is 0.169. The minimum atomic E-state index is -0.359. The molecule has 0 saturated carbocycles. The third kappa shape index (κ3) is 5.57. The van der Waals surface area contributed by atoms with Crippen molar-refractivity contribution in [2.24, 2.45) is 4.99 Å². The van der Waals surface area contributed by atoms with Crippen molar-refractivity contribution in [3.05, 3.63) is 48.1 Å². The first-order chi connectivity index (χ1) is 11.7. The van der Waals surface area contributed by atoms with E-state index in [1.54, 1.807) is 24.3 Å². The second-order valence-electron chi connectivity index (χ2n) is 5.15. The summed E-state index contributed by atoms with van der Waals surface area (Å²) in [5.74, 6) is 0.550. The van der Waals surface area contributed by atoms with Crippen LogP contribution in [0.15, 0.2) is 46.1 Å². The van der Waals surface area contributed by atoms with Crippen LogP contribution in [-0.2, 0) is 6.54 Å². The maximum absolute atomic E-state index is 13.7. The van der Waals surface area contributed by atoms with Crippen molar-refractivity contribution >= 4 is 5.96 Å². The first kappa shape index (κ1) is 17.8. The lowest BCUT2D eigenvalue weighted by molar-refractivity contribution is 0.191. The van der Waals surface area contributed by atoms with E-state index in [0.29, 0.717) is 19.0 Å². The molecule has 0 radical (unpaired) electrons. The monoisotopic (exact) mass is 334 g/mol. The number of rotatable bonds is 8. The van der Waals surface area contributed by atoms with E-state index >= 15 is 0 Å². The van der Waals surface area contributed by atoms with Crippen LogP contribution in [0.1, 0.15) is 26.0 Å². The summed E-state index contributed by atoms with van der Waals surface area (Å²) in [5, 5.41) is 10.2. The molecule has 2 aromatic rings. The lowest BCUT2D eigenvalue weighted by Gasteiger charge is -2.20. The third-order valence-corrected chi connectivity index (χ3v) is 3.32. The molecule has 1 heterocycles. The van der Waals surface area contributed by atoms with E-state index in [1.165, 1.54) is 12.3 Å². The smallest absolute Gasteiger partial charge is 0.191 e. The summed E-state index contributed by atoms with van der Waals surface area (Å²) >= 11 is 0. The number of hydrogen-bond donors (Lipinski definition) is 2. The third-order valence-electron chi connectivity index (χ3n) is 3.32. The van der Waals surface area contributed by atoms with Gasteiger partial charge in [0.05, 0.1) is 13.1 Å². The zero-order chi connectivity index (χ0) is 17.2. The molecule has 0 bridgehead atoms. The summed E-state index contributed by atoms with van der Waals surface area (Å²) in [6.07, 6.45) is 2.09. The fraction of sp³-hybridized carbons (Fsp3) is 0.412. The highest BCUT2D eigenvalue weighted by molar-refractivity contribution is 5.79. The Hall–Kier alpha value is -2.57. The Labute approximate surface area is 141 Å². The van der Waals surface area contributed by atoms with E-state index < -0.39 is 0 Å². The highest BCUT2D eigenvalue weighted by atomic mass is 19.1. The van der Waals surface area contributed by atoms with Crippen molar-refractivity contribution in [1.29, 1.82) is 0 Å². The van der Waals surface area contributed by atoms with Gasteiger partial charge in [-0.1, -0.05) is 24.2 Å². The molecule has 2 N–H and O–H groups in total. The maximum atomic E-state index is 13.7. The van der Waals surface area contributed by atoms with Crippen LogP contribution in [0.4, 0.5) is 4.39 Å². The van der Waals surface area contributed by atoms with Crippen molar-refractivity contribution in [2.75, 3.05) is 13.1 Å². The molecule has 6 nitrogen and oxygen atoms in total. The van der Waals surface area contributed by atoms with E-state index in [9.17, 15) is 4.39 Å². The molecule has 1 aromatic heterocycles. The second-order valence-corrected chi connectivity index (χ2v) is 5.15. The zero-order valence-electron chi connectivity index (χ0n) is 14.0.